The van der Waals surface area contributed by atoms with Crippen molar-refractivity contribution >= 4 is 5.91 Å². The summed E-state index contributed by atoms with van der Waals surface area (Å²) in [5, 5.41) is 6.60. The lowest BCUT2D eigenvalue weighted by Gasteiger charge is -2.38. The second-order valence-corrected chi connectivity index (χ2v) is 6.32. The van der Waals surface area contributed by atoms with Gasteiger partial charge in [0.1, 0.15) is 0 Å². The van der Waals surface area contributed by atoms with E-state index in [2.05, 4.69) is 24.5 Å². The maximum atomic E-state index is 12.4. The van der Waals surface area contributed by atoms with E-state index < -0.39 is 0 Å². The van der Waals surface area contributed by atoms with Gasteiger partial charge in [0, 0.05) is 12.0 Å². The van der Waals surface area contributed by atoms with Crippen LogP contribution in [-0.4, -0.2) is 25.0 Å². The predicted octanol–water partition coefficient (Wildman–Crippen LogP) is 2.07. The number of piperidine rings is 1. The summed E-state index contributed by atoms with van der Waals surface area (Å²) in [5.41, 5.74) is 0.190. The summed E-state index contributed by atoms with van der Waals surface area (Å²) < 4.78 is 0. The van der Waals surface area contributed by atoms with Gasteiger partial charge in [-0.25, -0.2) is 0 Å². The van der Waals surface area contributed by atoms with Crippen LogP contribution < -0.4 is 10.6 Å². The van der Waals surface area contributed by atoms with Crippen LogP contribution in [0.4, 0.5) is 0 Å². The lowest BCUT2D eigenvalue weighted by atomic mass is 9.68. The van der Waals surface area contributed by atoms with E-state index in [4.69, 9.17) is 0 Å². The van der Waals surface area contributed by atoms with Crippen molar-refractivity contribution in [3.63, 3.8) is 0 Å². The Kier molecular flexibility index (Phi) is 4.08. The molecule has 2 fully saturated rings. The van der Waals surface area contributed by atoms with Crippen LogP contribution >= 0.6 is 0 Å². The SMILES string of the molecule is CC1(C)CCCCC1C(=O)NC1CCNCC1. The molecule has 0 aromatic rings. The molecular weight excluding hydrogens is 212 g/mol. The van der Waals surface area contributed by atoms with Gasteiger partial charge in [-0.15, -0.1) is 0 Å². The molecule has 1 amide bonds. The van der Waals surface area contributed by atoms with Crippen LogP contribution in [0.1, 0.15) is 52.4 Å². The van der Waals surface area contributed by atoms with Crippen LogP contribution in [-0.2, 0) is 4.79 Å². The fraction of sp³-hybridized carbons (Fsp3) is 0.929. The van der Waals surface area contributed by atoms with Crippen LogP contribution in [0.3, 0.4) is 0 Å². The summed E-state index contributed by atoms with van der Waals surface area (Å²) in [6, 6.07) is 0.404. The number of carbonyl (C=O) groups is 1. The zero-order valence-electron chi connectivity index (χ0n) is 11.2. The van der Waals surface area contributed by atoms with Crippen molar-refractivity contribution in [3.05, 3.63) is 0 Å². The highest BCUT2D eigenvalue weighted by atomic mass is 16.2. The Hall–Kier alpha value is -0.570. The number of hydrogen-bond donors (Lipinski definition) is 2. The van der Waals surface area contributed by atoms with E-state index in [1.165, 1.54) is 19.3 Å². The second-order valence-electron chi connectivity index (χ2n) is 6.32. The smallest absolute Gasteiger partial charge is 0.223 e. The molecule has 1 atom stereocenters. The Bertz CT molecular complexity index is 269. The number of rotatable bonds is 2. The van der Waals surface area contributed by atoms with E-state index in [0.29, 0.717) is 11.9 Å². The van der Waals surface area contributed by atoms with Crippen LogP contribution in [0.5, 0.6) is 0 Å². The van der Waals surface area contributed by atoms with Gasteiger partial charge >= 0.3 is 0 Å². The molecule has 1 heterocycles. The molecule has 3 nitrogen and oxygen atoms in total. The first-order valence-corrected chi connectivity index (χ1v) is 7.11. The fourth-order valence-electron chi connectivity index (χ4n) is 3.25. The van der Waals surface area contributed by atoms with E-state index in [1.54, 1.807) is 0 Å². The number of amides is 1. The average Bonchev–Trinajstić information content (AvgIpc) is 2.29. The van der Waals surface area contributed by atoms with Crippen molar-refractivity contribution in [2.24, 2.45) is 11.3 Å². The maximum absolute atomic E-state index is 12.4. The molecule has 1 saturated heterocycles. The molecule has 0 spiro atoms. The maximum Gasteiger partial charge on any atom is 0.223 e. The molecule has 2 rings (SSSR count). The summed E-state index contributed by atoms with van der Waals surface area (Å²) in [4.78, 5) is 12.4. The number of hydrogen-bond acceptors (Lipinski definition) is 2. The minimum atomic E-state index is 0.190. The van der Waals surface area contributed by atoms with Crippen molar-refractivity contribution in [2.75, 3.05) is 13.1 Å². The zero-order chi connectivity index (χ0) is 12.3. The standard InChI is InChI=1S/C14H26N2O/c1-14(2)8-4-3-5-12(14)13(17)16-11-6-9-15-10-7-11/h11-12,15H,3-10H2,1-2H3,(H,16,17). The highest BCUT2D eigenvalue weighted by molar-refractivity contribution is 5.79. The van der Waals surface area contributed by atoms with E-state index in [1.807, 2.05) is 0 Å². The third kappa shape index (κ3) is 3.21. The Balaban J connectivity index is 1.89. The second kappa shape index (κ2) is 5.38. The Morgan fingerprint density at radius 1 is 1.18 bits per heavy atom. The van der Waals surface area contributed by atoms with Gasteiger partial charge in [0.25, 0.3) is 0 Å². The van der Waals surface area contributed by atoms with E-state index in [9.17, 15) is 4.79 Å². The molecule has 2 aliphatic rings. The topological polar surface area (TPSA) is 41.1 Å². The Morgan fingerprint density at radius 2 is 1.88 bits per heavy atom. The lowest BCUT2D eigenvalue weighted by Crippen LogP contribution is -2.48. The van der Waals surface area contributed by atoms with Gasteiger partial charge in [-0.1, -0.05) is 26.7 Å². The summed E-state index contributed by atoms with van der Waals surface area (Å²) in [5.74, 6) is 0.535. The molecular formula is C14H26N2O. The third-order valence-electron chi connectivity index (χ3n) is 4.51. The first kappa shape index (κ1) is 12.9. The van der Waals surface area contributed by atoms with Crippen molar-refractivity contribution in [1.29, 1.82) is 0 Å². The van der Waals surface area contributed by atoms with Gasteiger partial charge in [-0.3, -0.25) is 4.79 Å². The minimum Gasteiger partial charge on any atom is -0.353 e. The molecule has 1 aliphatic heterocycles. The van der Waals surface area contributed by atoms with Gasteiger partial charge in [-0.2, -0.15) is 0 Å². The monoisotopic (exact) mass is 238 g/mol. The first-order valence-electron chi connectivity index (χ1n) is 7.11. The van der Waals surface area contributed by atoms with Gasteiger partial charge in [0.15, 0.2) is 0 Å². The molecule has 98 valence electrons. The van der Waals surface area contributed by atoms with E-state index in [-0.39, 0.29) is 11.3 Å². The highest BCUT2D eigenvalue weighted by Gasteiger charge is 2.37. The quantitative estimate of drug-likeness (QED) is 0.773. The lowest BCUT2D eigenvalue weighted by molar-refractivity contribution is -0.131. The van der Waals surface area contributed by atoms with Crippen LogP contribution in [0.25, 0.3) is 0 Å². The summed E-state index contributed by atoms with van der Waals surface area (Å²) >= 11 is 0. The van der Waals surface area contributed by atoms with Gasteiger partial charge in [-0.05, 0) is 44.2 Å². The molecule has 0 aromatic carbocycles. The number of carbonyl (C=O) groups excluding carboxylic acids is 1. The van der Waals surface area contributed by atoms with Gasteiger partial charge < -0.3 is 10.6 Å². The molecule has 1 unspecified atom stereocenters. The summed E-state index contributed by atoms with van der Waals surface area (Å²) in [7, 11) is 0. The fourth-order valence-corrected chi connectivity index (χ4v) is 3.25. The van der Waals surface area contributed by atoms with Crippen molar-refractivity contribution in [3.8, 4) is 0 Å². The summed E-state index contributed by atoms with van der Waals surface area (Å²) in [6.45, 7) is 6.58. The molecule has 3 heteroatoms. The van der Waals surface area contributed by atoms with Gasteiger partial charge in [0.05, 0.1) is 0 Å². The molecule has 2 N–H and O–H groups in total. The Labute approximate surface area is 105 Å². The van der Waals surface area contributed by atoms with Crippen LogP contribution in [0, 0.1) is 11.3 Å². The van der Waals surface area contributed by atoms with E-state index in [0.717, 1.165) is 32.4 Å². The molecule has 17 heavy (non-hydrogen) atoms. The molecule has 1 saturated carbocycles. The molecule has 0 radical (unpaired) electrons. The normalized spacial score (nSPS) is 29.9. The van der Waals surface area contributed by atoms with Crippen molar-refractivity contribution in [1.82, 2.24) is 10.6 Å². The molecule has 0 bridgehead atoms. The van der Waals surface area contributed by atoms with Crippen molar-refractivity contribution < 1.29 is 4.79 Å². The van der Waals surface area contributed by atoms with Crippen LogP contribution in [0.15, 0.2) is 0 Å². The average molecular weight is 238 g/mol. The molecule has 1 aliphatic carbocycles. The first-order chi connectivity index (χ1) is 8.09. The Morgan fingerprint density at radius 3 is 2.53 bits per heavy atom. The highest BCUT2D eigenvalue weighted by Crippen LogP contribution is 2.40. The number of nitrogens with one attached hydrogen (secondary N) is 2. The van der Waals surface area contributed by atoms with Crippen molar-refractivity contribution in [2.45, 2.75) is 58.4 Å². The predicted molar refractivity (Wildman–Crippen MR) is 69.8 cm³/mol. The third-order valence-corrected chi connectivity index (χ3v) is 4.51. The van der Waals surface area contributed by atoms with E-state index >= 15 is 0 Å². The van der Waals surface area contributed by atoms with Crippen LogP contribution in [0.2, 0.25) is 0 Å². The van der Waals surface area contributed by atoms with Gasteiger partial charge in [0.2, 0.25) is 5.91 Å². The largest absolute Gasteiger partial charge is 0.353 e. The minimum absolute atomic E-state index is 0.190. The molecule has 0 aromatic heterocycles. The zero-order valence-corrected chi connectivity index (χ0v) is 11.2. The summed E-state index contributed by atoms with van der Waals surface area (Å²) in [6.07, 6.45) is 6.93.